The normalized spacial score (nSPS) is 16.3. The molecular formula is C17H21Cl2N3O3S. The van der Waals surface area contributed by atoms with E-state index in [1.54, 1.807) is 13.1 Å². The molecule has 0 saturated heterocycles. The number of rotatable bonds is 7. The first-order valence-corrected chi connectivity index (χ1v) is 10.7. The van der Waals surface area contributed by atoms with Gasteiger partial charge in [-0.1, -0.05) is 23.2 Å². The van der Waals surface area contributed by atoms with Gasteiger partial charge in [-0.05, 0) is 51.3 Å². The van der Waals surface area contributed by atoms with Crippen molar-refractivity contribution < 1.29 is 13.2 Å². The zero-order chi connectivity index (χ0) is 18.9. The summed E-state index contributed by atoms with van der Waals surface area (Å²) < 4.78 is 35.7. The fraction of sp³-hybridized carbons (Fsp3) is 0.471. The predicted molar refractivity (Wildman–Crippen MR) is 101 cm³/mol. The van der Waals surface area contributed by atoms with E-state index < -0.39 is 16.1 Å². The number of nitrogens with zero attached hydrogens (tertiary/aromatic N) is 2. The van der Waals surface area contributed by atoms with Gasteiger partial charge in [-0.25, -0.2) is 18.1 Å². The average Bonchev–Trinajstić information content (AvgIpc) is 2.95. The molecule has 0 bridgehead atoms. The summed E-state index contributed by atoms with van der Waals surface area (Å²) >= 11 is 11.8. The van der Waals surface area contributed by atoms with E-state index in [-0.39, 0.29) is 16.0 Å². The smallest absolute Gasteiger partial charge is 0.296 e. The molecule has 1 atom stereocenters. The Balaban J connectivity index is 1.80. The van der Waals surface area contributed by atoms with E-state index in [0.717, 1.165) is 18.5 Å². The Morgan fingerprint density at radius 2 is 2.08 bits per heavy atom. The molecule has 1 fully saturated rings. The van der Waals surface area contributed by atoms with Gasteiger partial charge in [0.25, 0.3) is 6.01 Å². The van der Waals surface area contributed by atoms with Crippen molar-refractivity contribution in [1.29, 1.82) is 0 Å². The number of nitrogens with one attached hydrogen (secondary N) is 1. The van der Waals surface area contributed by atoms with E-state index in [9.17, 15) is 8.42 Å². The number of imidazole rings is 1. The quantitative estimate of drug-likeness (QED) is 0.732. The average molecular weight is 418 g/mol. The van der Waals surface area contributed by atoms with Gasteiger partial charge >= 0.3 is 0 Å². The van der Waals surface area contributed by atoms with Gasteiger partial charge < -0.3 is 4.74 Å². The third-order valence-corrected chi connectivity index (χ3v) is 6.74. The first-order chi connectivity index (χ1) is 12.3. The van der Waals surface area contributed by atoms with Gasteiger partial charge in [0, 0.05) is 6.54 Å². The molecule has 1 aliphatic carbocycles. The van der Waals surface area contributed by atoms with Gasteiger partial charge in [0.2, 0.25) is 10.0 Å². The number of aromatic nitrogens is 2. The molecule has 26 heavy (non-hydrogen) atoms. The van der Waals surface area contributed by atoms with E-state index in [4.69, 9.17) is 27.9 Å². The van der Waals surface area contributed by atoms with Crippen LogP contribution in [0.4, 0.5) is 0 Å². The van der Waals surface area contributed by atoms with Gasteiger partial charge in [0.1, 0.15) is 6.10 Å². The van der Waals surface area contributed by atoms with Gasteiger partial charge in [0.15, 0.2) is 0 Å². The lowest BCUT2D eigenvalue weighted by atomic mass is 9.96. The minimum Gasteiger partial charge on any atom is -0.461 e. The molecule has 142 valence electrons. The summed E-state index contributed by atoms with van der Waals surface area (Å²) in [6.45, 7) is 4.38. The van der Waals surface area contributed by atoms with E-state index in [1.807, 2.05) is 11.5 Å². The molecule has 1 saturated carbocycles. The highest BCUT2D eigenvalue weighted by molar-refractivity contribution is 7.89. The van der Waals surface area contributed by atoms with Crippen molar-refractivity contribution in [3.05, 3.63) is 40.1 Å². The van der Waals surface area contributed by atoms with Crippen molar-refractivity contribution in [2.45, 2.75) is 56.7 Å². The van der Waals surface area contributed by atoms with Crippen LogP contribution in [-0.4, -0.2) is 24.1 Å². The highest BCUT2D eigenvalue weighted by atomic mass is 35.5. The third-order valence-electron chi connectivity index (χ3n) is 4.47. The summed E-state index contributed by atoms with van der Waals surface area (Å²) in [5, 5.41) is 0.498. The maximum Gasteiger partial charge on any atom is 0.296 e. The molecule has 0 amide bonds. The second-order valence-corrected chi connectivity index (χ2v) is 8.83. The van der Waals surface area contributed by atoms with Crippen LogP contribution in [0.3, 0.4) is 0 Å². The Bertz CT molecular complexity index is 895. The summed E-state index contributed by atoms with van der Waals surface area (Å²) in [5.41, 5.74) is 0.741. The highest BCUT2D eigenvalue weighted by Gasteiger charge is 2.25. The van der Waals surface area contributed by atoms with Crippen LogP contribution in [0.5, 0.6) is 6.01 Å². The molecule has 2 aromatic rings. The SMILES string of the molecule is CCn1c(C(C)NS(=O)(=O)c2ccc(Cl)c(Cl)c2)cnc1OC1CCC1. The van der Waals surface area contributed by atoms with Crippen molar-refractivity contribution in [3.8, 4) is 6.01 Å². The zero-order valence-corrected chi connectivity index (χ0v) is 16.9. The topological polar surface area (TPSA) is 73.2 Å². The van der Waals surface area contributed by atoms with Crippen molar-refractivity contribution >= 4 is 33.2 Å². The molecule has 0 radical (unpaired) electrons. The molecule has 1 aliphatic rings. The molecule has 1 N–H and O–H groups in total. The number of ether oxygens (including phenoxy) is 1. The Morgan fingerprint density at radius 1 is 1.35 bits per heavy atom. The van der Waals surface area contributed by atoms with Crippen molar-refractivity contribution in [2.75, 3.05) is 0 Å². The lowest BCUT2D eigenvalue weighted by Crippen LogP contribution is -2.29. The summed E-state index contributed by atoms with van der Waals surface area (Å²) in [5.74, 6) is 0. The molecule has 6 nitrogen and oxygen atoms in total. The molecule has 0 spiro atoms. The van der Waals surface area contributed by atoms with Crippen LogP contribution in [-0.2, 0) is 16.6 Å². The second-order valence-electron chi connectivity index (χ2n) is 6.30. The number of halogens is 2. The molecule has 9 heteroatoms. The standard InChI is InChI=1S/C17H21Cl2N3O3S/c1-3-22-16(10-20-17(22)25-12-5-4-6-12)11(2)21-26(23,24)13-7-8-14(18)15(19)9-13/h7-12,21H,3-6H2,1-2H3. The predicted octanol–water partition coefficient (Wildman–Crippen LogP) is 4.18. The molecule has 3 rings (SSSR count). The van der Waals surface area contributed by atoms with Crippen molar-refractivity contribution in [1.82, 2.24) is 14.3 Å². The lowest BCUT2D eigenvalue weighted by Gasteiger charge is -2.26. The Morgan fingerprint density at radius 3 is 2.65 bits per heavy atom. The summed E-state index contributed by atoms with van der Waals surface area (Å²) in [6.07, 6.45) is 5.10. The first-order valence-electron chi connectivity index (χ1n) is 8.51. The Labute approximate surface area is 163 Å². The van der Waals surface area contributed by atoms with E-state index in [1.165, 1.54) is 24.6 Å². The van der Waals surface area contributed by atoms with Crippen molar-refractivity contribution in [2.24, 2.45) is 0 Å². The second kappa shape index (κ2) is 7.76. The van der Waals surface area contributed by atoms with Gasteiger partial charge in [-0.3, -0.25) is 4.57 Å². The number of hydrogen-bond donors (Lipinski definition) is 1. The minimum absolute atomic E-state index is 0.0623. The van der Waals surface area contributed by atoms with Gasteiger partial charge in [-0.2, -0.15) is 0 Å². The molecule has 1 unspecified atom stereocenters. The zero-order valence-electron chi connectivity index (χ0n) is 14.6. The van der Waals surface area contributed by atoms with Crippen molar-refractivity contribution in [3.63, 3.8) is 0 Å². The monoisotopic (exact) mass is 417 g/mol. The summed E-state index contributed by atoms with van der Waals surface area (Å²) in [7, 11) is -3.75. The van der Waals surface area contributed by atoms with E-state index in [2.05, 4.69) is 9.71 Å². The maximum atomic E-state index is 12.6. The van der Waals surface area contributed by atoms with Crippen LogP contribution in [0.2, 0.25) is 10.0 Å². The minimum atomic E-state index is -3.75. The number of hydrogen-bond acceptors (Lipinski definition) is 4. The van der Waals surface area contributed by atoms with Crippen LogP contribution in [0.25, 0.3) is 0 Å². The fourth-order valence-corrected chi connectivity index (χ4v) is 4.38. The molecule has 1 aromatic carbocycles. The van der Waals surface area contributed by atoms with E-state index >= 15 is 0 Å². The van der Waals surface area contributed by atoms with E-state index in [0.29, 0.717) is 17.6 Å². The molecule has 1 heterocycles. The Hall–Kier alpha value is -1.28. The third kappa shape index (κ3) is 4.01. The maximum absolute atomic E-state index is 12.6. The Kier molecular flexibility index (Phi) is 5.81. The fourth-order valence-electron chi connectivity index (χ4n) is 2.77. The van der Waals surface area contributed by atoms with Crippen LogP contribution in [0.1, 0.15) is 44.8 Å². The summed E-state index contributed by atoms with van der Waals surface area (Å²) in [6, 6.07) is 4.27. The van der Waals surface area contributed by atoms with Gasteiger partial charge in [0.05, 0.1) is 32.9 Å². The number of sulfonamides is 1. The number of benzene rings is 1. The molecule has 1 aromatic heterocycles. The van der Waals surface area contributed by atoms with Gasteiger partial charge in [-0.15, -0.1) is 0 Å². The van der Waals surface area contributed by atoms with Crippen LogP contribution in [0.15, 0.2) is 29.3 Å². The van der Waals surface area contributed by atoms with Crippen LogP contribution >= 0.6 is 23.2 Å². The summed E-state index contributed by atoms with van der Waals surface area (Å²) in [4.78, 5) is 4.39. The molecule has 0 aliphatic heterocycles. The van der Waals surface area contributed by atoms with Crippen LogP contribution < -0.4 is 9.46 Å². The molecular weight excluding hydrogens is 397 g/mol. The first kappa shape index (κ1) is 19.5. The lowest BCUT2D eigenvalue weighted by molar-refractivity contribution is 0.103. The largest absolute Gasteiger partial charge is 0.461 e. The highest BCUT2D eigenvalue weighted by Crippen LogP contribution is 2.28. The van der Waals surface area contributed by atoms with Crippen LogP contribution in [0, 0.1) is 0 Å².